The summed E-state index contributed by atoms with van der Waals surface area (Å²) in [5, 5.41) is 4.15. The number of rotatable bonds is 6. The SMILES string of the molecule is CCC(CCN)CNc1ncns1. The van der Waals surface area contributed by atoms with Gasteiger partial charge in [0.25, 0.3) is 0 Å². The summed E-state index contributed by atoms with van der Waals surface area (Å²) < 4.78 is 3.92. The van der Waals surface area contributed by atoms with Gasteiger partial charge in [-0.05, 0) is 18.9 Å². The molecule has 1 heterocycles. The molecular formula is C8H16N4S. The molecule has 0 fully saturated rings. The van der Waals surface area contributed by atoms with Gasteiger partial charge < -0.3 is 11.1 Å². The third kappa shape index (κ3) is 3.69. The van der Waals surface area contributed by atoms with Gasteiger partial charge in [0.1, 0.15) is 6.33 Å². The molecule has 13 heavy (non-hydrogen) atoms. The minimum atomic E-state index is 0.647. The summed E-state index contributed by atoms with van der Waals surface area (Å²) in [6.45, 7) is 3.89. The molecule has 0 aromatic carbocycles. The van der Waals surface area contributed by atoms with E-state index in [2.05, 4.69) is 21.6 Å². The average molecular weight is 200 g/mol. The summed E-state index contributed by atoms with van der Waals surface area (Å²) in [7, 11) is 0. The van der Waals surface area contributed by atoms with Crippen molar-refractivity contribution in [1.29, 1.82) is 0 Å². The van der Waals surface area contributed by atoms with E-state index in [4.69, 9.17) is 5.73 Å². The molecule has 0 aliphatic rings. The Labute approximate surface area is 82.7 Å². The highest BCUT2D eigenvalue weighted by Crippen LogP contribution is 2.11. The van der Waals surface area contributed by atoms with Gasteiger partial charge in [-0.3, -0.25) is 0 Å². The molecule has 1 aromatic heterocycles. The Morgan fingerprint density at radius 3 is 3.08 bits per heavy atom. The van der Waals surface area contributed by atoms with Gasteiger partial charge >= 0.3 is 0 Å². The number of hydrogen-bond donors (Lipinski definition) is 2. The van der Waals surface area contributed by atoms with Crippen molar-refractivity contribution in [1.82, 2.24) is 9.36 Å². The summed E-state index contributed by atoms with van der Waals surface area (Å²) in [4.78, 5) is 4.05. The van der Waals surface area contributed by atoms with Crippen LogP contribution in [0.15, 0.2) is 6.33 Å². The van der Waals surface area contributed by atoms with Gasteiger partial charge in [-0.2, -0.15) is 4.37 Å². The molecule has 1 unspecified atom stereocenters. The van der Waals surface area contributed by atoms with E-state index in [1.165, 1.54) is 11.5 Å². The predicted molar refractivity (Wildman–Crippen MR) is 55.9 cm³/mol. The third-order valence-electron chi connectivity index (χ3n) is 2.06. The second-order valence-corrected chi connectivity index (χ2v) is 3.76. The minimum absolute atomic E-state index is 0.647. The number of hydrogen-bond acceptors (Lipinski definition) is 5. The monoisotopic (exact) mass is 200 g/mol. The van der Waals surface area contributed by atoms with E-state index >= 15 is 0 Å². The lowest BCUT2D eigenvalue weighted by molar-refractivity contribution is 0.501. The third-order valence-corrected chi connectivity index (χ3v) is 2.68. The molecule has 1 atom stereocenters. The Hall–Kier alpha value is -0.680. The van der Waals surface area contributed by atoms with Gasteiger partial charge in [-0.25, -0.2) is 4.98 Å². The highest BCUT2D eigenvalue weighted by atomic mass is 32.1. The second kappa shape index (κ2) is 5.88. The molecule has 0 aliphatic heterocycles. The van der Waals surface area contributed by atoms with Gasteiger partial charge in [-0.1, -0.05) is 13.3 Å². The van der Waals surface area contributed by atoms with E-state index < -0.39 is 0 Å². The van der Waals surface area contributed by atoms with Crippen molar-refractivity contribution < 1.29 is 0 Å². The maximum atomic E-state index is 5.50. The Morgan fingerprint density at radius 1 is 1.69 bits per heavy atom. The van der Waals surface area contributed by atoms with Crippen LogP contribution in [0.4, 0.5) is 5.13 Å². The molecule has 0 aliphatic carbocycles. The molecule has 0 amide bonds. The molecule has 0 saturated heterocycles. The summed E-state index contributed by atoms with van der Waals surface area (Å²) in [6, 6.07) is 0. The number of nitrogens with one attached hydrogen (secondary N) is 1. The van der Waals surface area contributed by atoms with Crippen molar-refractivity contribution in [2.75, 3.05) is 18.4 Å². The van der Waals surface area contributed by atoms with Crippen molar-refractivity contribution in [3.05, 3.63) is 6.33 Å². The molecule has 4 nitrogen and oxygen atoms in total. The van der Waals surface area contributed by atoms with Crippen LogP contribution in [-0.4, -0.2) is 22.4 Å². The summed E-state index contributed by atoms with van der Waals surface area (Å²) in [5.74, 6) is 0.647. The fraction of sp³-hybridized carbons (Fsp3) is 0.750. The van der Waals surface area contributed by atoms with Crippen LogP contribution in [0.5, 0.6) is 0 Å². The molecule has 0 spiro atoms. The van der Waals surface area contributed by atoms with Crippen molar-refractivity contribution >= 4 is 16.7 Å². The molecular weight excluding hydrogens is 184 g/mol. The van der Waals surface area contributed by atoms with Crippen LogP contribution in [0.3, 0.4) is 0 Å². The van der Waals surface area contributed by atoms with E-state index in [-0.39, 0.29) is 0 Å². The molecule has 3 N–H and O–H groups in total. The van der Waals surface area contributed by atoms with Crippen molar-refractivity contribution in [3.63, 3.8) is 0 Å². The normalized spacial score (nSPS) is 12.8. The first-order chi connectivity index (χ1) is 6.36. The first-order valence-corrected chi connectivity index (χ1v) is 5.34. The van der Waals surface area contributed by atoms with E-state index in [1.807, 2.05) is 0 Å². The zero-order valence-electron chi connectivity index (χ0n) is 7.86. The first-order valence-electron chi connectivity index (χ1n) is 4.57. The van der Waals surface area contributed by atoms with Gasteiger partial charge in [0, 0.05) is 18.1 Å². The highest BCUT2D eigenvalue weighted by Gasteiger charge is 2.05. The fourth-order valence-electron chi connectivity index (χ4n) is 1.17. The van der Waals surface area contributed by atoms with Crippen LogP contribution in [0.1, 0.15) is 19.8 Å². The van der Waals surface area contributed by atoms with Crippen LogP contribution in [0.25, 0.3) is 0 Å². The predicted octanol–water partition coefficient (Wildman–Crippen LogP) is 1.32. The molecule has 1 aromatic rings. The van der Waals surface area contributed by atoms with Crippen LogP contribution < -0.4 is 11.1 Å². The lowest BCUT2D eigenvalue weighted by atomic mass is 10.0. The van der Waals surface area contributed by atoms with E-state index in [1.54, 1.807) is 6.33 Å². The van der Waals surface area contributed by atoms with E-state index in [0.717, 1.165) is 31.1 Å². The largest absolute Gasteiger partial charge is 0.360 e. The summed E-state index contributed by atoms with van der Waals surface area (Å²) in [5.41, 5.74) is 5.50. The first kappa shape index (κ1) is 10.4. The molecule has 0 saturated carbocycles. The zero-order chi connectivity index (χ0) is 9.52. The Kier molecular flexibility index (Phi) is 4.70. The Morgan fingerprint density at radius 2 is 2.54 bits per heavy atom. The van der Waals surface area contributed by atoms with Gasteiger partial charge in [0.05, 0.1) is 0 Å². The smallest absolute Gasteiger partial charge is 0.202 e. The lowest BCUT2D eigenvalue weighted by Gasteiger charge is -2.13. The summed E-state index contributed by atoms with van der Waals surface area (Å²) >= 11 is 1.39. The van der Waals surface area contributed by atoms with Gasteiger partial charge in [0.15, 0.2) is 0 Å². The number of nitrogens with two attached hydrogens (primary N) is 1. The van der Waals surface area contributed by atoms with Crippen molar-refractivity contribution in [3.8, 4) is 0 Å². The molecule has 0 bridgehead atoms. The second-order valence-electron chi connectivity index (χ2n) is 2.98. The quantitative estimate of drug-likeness (QED) is 0.727. The van der Waals surface area contributed by atoms with E-state index in [0.29, 0.717) is 5.92 Å². The van der Waals surface area contributed by atoms with Crippen molar-refractivity contribution in [2.45, 2.75) is 19.8 Å². The number of aromatic nitrogens is 2. The molecule has 0 radical (unpaired) electrons. The maximum absolute atomic E-state index is 5.50. The minimum Gasteiger partial charge on any atom is -0.360 e. The topological polar surface area (TPSA) is 63.8 Å². The van der Waals surface area contributed by atoms with Crippen LogP contribution in [0, 0.1) is 5.92 Å². The number of nitrogens with zero attached hydrogens (tertiary/aromatic N) is 2. The van der Waals surface area contributed by atoms with Gasteiger partial charge in [0.2, 0.25) is 5.13 Å². The fourth-order valence-corrected chi connectivity index (χ4v) is 1.61. The maximum Gasteiger partial charge on any atom is 0.202 e. The van der Waals surface area contributed by atoms with Crippen LogP contribution in [-0.2, 0) is 0 Å². The molecule has 74 valence electrons. The summed E-state index contributed by atoms with van der Waals surface area (Å²) in [6.07, 6.45) is 3.79. The van der Waals surface area contributed by atoms with Gasteiger partial charge in [-0.15, -0.1) is 0 Å². The Balaban J connectivity index is 2.23. The number of anilines is 1. The van der Waals surface area contributed by atoms with E-state index in [9.17, 15) is 0 Å². The Bertz CT molecular complexity index is 212. The average Bonchev–Trinajstić information content (AvgIpc) is 2.64. The lowest BCUT2D eigenvalue weighted by Crippen LogP contribution is -2.17. The molecule has 5 heteroatoms. The molecule has 1 rings (SSSR count). The highest BCUT2D eigenvalue weighted by molar-refractivity contribution is 7.09. The standard InChI is InChI=1S/C8H16N4S/c1-2-7(3-4-9)5-10-8-11-6-12-13-8/h6-7H,2-5,9H2,1H3,(H,10,11,12). The van der Waals surface area contributed by atoms with Crippen LogP contribution >= 0.6 is 11.5 Å². The van der Waals surface area contributed by atoms with Crippen molar-refractivity contribution in [2.24, 2.45) is 11.7 Å². The van der Waals surface area contributed by atoms with Crippen LogP contribution in [0.2, 0.25) is 0 Å². The zero-order valence-corrected chi connectivity index (χ0v) is 8.68.